The van der Waals surface area contributed by atoms with Gasteiger partial charge in [0.05, 0.1) is 5.75 Å². The lowest BCUT2D eigenvalue weighted by Crippen LogP contribution is -2.16. The minimum Gasteiger partial charge on any atom is -0.368 e. The molecule has 1 aromatic heterocycles. The Hall–Kier alpha value is -1.63. The van der Waals surface area contributed by atoms with Gasteiger partial charge in [-0.25, -0.2) is 8.42 Å². The molecule has 7 heteroatoms. The molecule has 0 spiro atoms. The van der Waals surface area contributed by atoms with E-state index in [2.05, 4.69) is 26.3 Å². The molecule has 0 unspecified atom stereocenters. The van der Waals surface area contributed by atoms with Crippen LogP contribution in [0.1, 0.15) is 39.0 Å². The predicted molar refractivity (Wildman–Crippen MR) is 84.8 cm³/mol. The van der Waals surface area contributed by atoms with Crippen molar-refractivity contribution in [3.63, 3.8) is 0 Å². The average Bonchev–Trinajstić information content (AvgIpc) is 2.50. The van der Waals surface area contributed by atoms with Crippen molar-refractivity contribution in [3.05, 3.63) is 23.8 Å². The lowest BCUT2D eigenvalue weighted by molar-refractivity contribution is 0.602. The van der Waals surface area contributed by atoms with Crippen molar-refractivity contribution in [3.8, 4) is 0 Å². The van der Waals surface area contributed by atoms with Crippen LogP contribution in [0.3, 0.4) is 0 Å². The number of allylic oxidation sites excluding steroid dienone is 1. The molecule has 0 aliphatic heterocycles. The maximum Gasteiger partial charge on any atom is 0.233 e. The van der Waals surface area contributed by atoms with Gasteiger partial charge in [-0.3, -0.25) is 4.72 Å². The molecule has 116 valence electrons. The summed E-state index contributed by atoms with van der Waals surface area (Å²) in [6.45, 7) is 2.40. The smallest absolute Gasteiger partial charge is 0.233 e. The van der Waals surface area contributed by atoms with Gasteiger partial charge in [0.2, 0.25) is 10.0 Å². The molecule has 0 bridgehead atoms. The van der Waals surface area contributed by atoms with Crippen molar-refractivity contribution in [2.75, 3.05) is 22.3 Å². The van der Waals surface area contributed by atoms with Crippen LogP contribution in [0.2, 0.25) is 0 Å². The van der Waals surface area contributed by atoms with Crippen LogP contribution in [-0.2, 0) is 10.0 Å². The Balaban J connectivity index is 1.81. The number of nitrogens with zero attached hydrogens (tertiary/aromatic N) is 2. The first-order valence-corrected chi connectivity index (χ1v) is 9.00. The average molecular weight is 310 g/mol. The van der Waals surface area contributed by atoms with E-state index in [-0.39, 0.29) is 11.6 Å². The second kappa shape index (κ2) is 7.40. The van der Waals surface area contributed by atoms with Gasteiger partial charge in [0, 0.05) is 6.54 Å². The zero-order chi connectivity index (χ0) is 15.1. The topological polar surface area (TPSA) is 84.0 Å². The molecular formula is C14H22N4O2S. The fourth-order valence-corrected chi connectivity index (χ4v) is 2.77. The number of hydrogen-bond acceptors (Lipinski definition) is 5. The van der Waals surface area contributed by atoms with Crippen LogP contribution in [-0.4, -0.2) is 30.9 Å². The Labute approximate surface area is 126 Å². The van der Waals surface area contributed by atoms with E-state index in [1.165, 1.54) is 31.3 Å². The Bertz CT molecular complexity index is 581. The number of anilines is 2. The van der Waals surface area contributed by atoms with Crippen LogP contribution < -0.4 is 10.0 Å². The number of rotatable bonds is 7. The Morgan fingerprint density at radius 1 is 1.19 bits per heavy atom. The third-order valence-corrected chi connectivity index (χ3v) is 4.72. The lowest BCUT2D eigenvalue weighted by Gasteiger charge is -2.13. The largest absolute Gasteiger partial charge is 0.368 e. The van der Waals surface area contributed by atoms with E-state index in [0.717, 1.165) is 13.0 Å². The number of nitrogens with one attached hydrogen (secondary N) is 2. The first kappa shape index (κ1) is 15.8. The number of sulfonamides is 1. The van der Waals surface area contributed by atoms with Gasteiger partial charge >= 0.3 is 0 Å². The molecule has 1 aliphatic carbocycles. The molecule has 0 aromatic carbocycles. The van der Waals surface area contributed by atoms with Crippen molar-refractivity contribution in [2.45, 2.75) is 39.0 Å². The zero-order valence-corrected chi connectivity index (χ0v) is 13.1. The Morgan fingerprint density at radius 2 is 1.95 bits per heavy atom. The van der Waals surface area contributed by atoms with Gasteiger partial charge < -0.3 is 5.32 Å². The first-order valence-electron chi connectivity index (χ1n) is 7.35. The van der Waals surface area contributed by atoms with Gasteiger partial charge in [-0.05, 0) is 51.2 Å². The van der Waals surface area contributed by atoms with E-state index >= 15 is 0 Å². The normalized spacial score (nSPS) is 15.4. The fraction of sp³-hybridized carbons (Fsp3) is 0.571. The van der Waals surface area contributed by atoms with Crippen LogP contribution in [0, 0.1) is 0 Å². The summed E-state index contributed by atoms with van der Waals surface area (Å²) >= 11 is 0. The third kappa shape index (κ3) is 5.34. The quantitative estimate of drug-likeness (QED) is 0.756. The van der Waals surface area contributed by atoms with E-state index in [0.29, 0.717) is 5.82 Å². The summed E-state index contributed by atoms with van der Waals surface area (Å²) in [5, 5.41) is 11.0. The summed E-state index contributed by atoms with van der Waals surface area (Å²) in [4.78, 5) is 0. The first-order chi connectivity index (χ1) is 10.1. The molecule has 1 heterocycles. The van der Waals surface area contributed by atoms with Crippen LogP contribution in [0.15, 0.2) is 23.8 Å². The van der Waals surface area contributed by atoms with E-state index in [4.69, 9.17) is 0 Å². The highest BCUT2D eigenvalue weighted by molar-refractivity contribution is 7.92. The summed E-state index contributed by atoms with van der Waals surface area (Å²) in [7, 11) is -3.30. The number of hydrogen-bond donors (Lipinski definition) is 2. The number of aromatic nitrogens is 2. The minimum atomic E-state index is -3.30. The minimum absolute atomic E-state index is 0.0177. The van der Waals surface area contributed by atoms with Crippen LogP contribution in [0.25, 0.3) is 0 Å². The van der Waals surface area contributed by atoms with E-state index in [1.54, 1.807) is 19.1 Å². The second-order valence-electron chi connectivity index (χ2n) is 5.09. The van der Waals surface area contributed by atoms with Crippen molar-refractivity contribution < 1.29 is 8.42 Å². The summed E-state index contributed by atoms with van der Waals surface area (Å²) in [6.07, 6.45) is 8.34. The summed E-state index contributed by atoms with van der Waals surface area (Å²) < 4.78 is 25.2. The van der Waals surface area contributed by atoms with E-state index < -0.39 is 10.0 Å². The lowest BCUT2D eigenvalue weighted by atomic mass is 9.97. The molecule has 2 rings (SSSR count). The highest BCUT2D eigenvalue weighted by Crippen LogP contribution is 2.20. The molecule has 0 amide bonds. The molecule has 2 N–H and O–H groups in total. The standard InChI is InChI=1S/C14H22N4O2S/c1-2-21(19,20)18-14-9-8-13(16-17-14)15-11-10-12-6-4-3-5-7-12/h6,8-9H,2-5,7,10-11H2,1H3,(H,15,16)(H,17,18). The second-order valence-corrected chi connectivity index (χ2v) is 7.11. The molecule has 0 radical (unpaired) electrons. The van der Waals surface area contributed by atoms with Crippen LogP contribution >= 0.6 is 0 Å². The van der Waals surface area contributed by atoms with Crippen LogP contribution in [0.4, 0.5) is 11.6 Å². The van der Waals surface area contributed by atoms with E-state index in [9.17, 15) is 8.42 Å². The summed E-state index contributed by atoms with van der Waals surface area (Å²) in [5.41, 5.74) is 1.51. The molecule has 21 heavy (non-hydrogen) atoms. The maximum absolute atomic E-state index is 11.4. The SMILES string of the molecule is CCS(=O)(=O)Nc1ccc(NCCC2=CCCCC2)nn1. The highest BCUT2D eigenvalue weighted by Gasteiger charge is 2.08. The van der Waals surface area contributed by atoms with Crippen molar-refractivity contribution in [2.24, 2.45) is 0 Å². The van der Waals surface area contributed by atoms with Crippen molar-refractivity contribution >= 4 is 21.7 Å². The summed E-state index contributed by atoms with van der Waals surface area (Å²) in [5.74, 6) is 0.923. The monoisotopic (exact) mass is 310 g/mol. The summed E-state index contributed by atoms with van der Waals surface area (Å²) in [6, 6.07) is 3.35. The molecule has 6 nitrogen and oxygen atoms in total. The molecule has 0 saturated heterocycles. The molecule has 0 saturated carbocycles. The van der Waals surface area contributed by atoms with Gasteiger partial charge in [0.1, 0.15) is 5.82 Å². The van der Waals surface area contributed by atoms with Gasteiger partial charge in [0.15, 0.2) is 5.82 Å². The fourth-order valence-electron chi connectivity index (χ4n) is 2.20. The molecule has 0 fully saturated rings. The van der Waals surface area contributed by atoms with Gasteiger partial charge in [-0.1, -0.05) is 11.6 Å². The Morgan fingerprint density at radius 3 is 2.57 bits per heavy atom. The molecule has 1 aromatic rings. The third-order valence-electron chi connectivity index (χ3n) is 3.44. The molecular weight excluding hydrogens is 288 g/mol. The van der Waals surface area contributed by atoms with Crippen molar-refractivity contribution in [1.29, 1.82) is 0 Å². The van der Waals surface area contributed by atoms with E-state index in [1.807, 2.05) is 0 Å². The van der Waals surface area contributed by atoms with Crippen molar-refractivity contribution in [1.82, 2.24) is 10.2 Å². The zero-order valence-electron chi connectivity index (χ0n) is 12.3. The van der Waals surface area contributed by atoms with Crippen LogP contribution in [0.5, 0.6) is 0 Å². The molecule has 1 aliphatic rings. The van der Waals surface area contributed by atoms with Gasteiger partial charge in [-0.2, -0.15) is 0 Å². The predicted octanol–water partition coefficient (Wildman–Crippen LogP) is 2.54. The maximum atomic E-state index is 11.4. The van der Waals surface area contributed by atoms with Gasteiger partial charge in [0.25, 0.3) is 0 Å². The molecule has 0 atom stereocenters. The Kier molecular flexibility index (Phi) is 5.55. The van der Waals surface area contributed by atoms with Gasteiger partial charge in [-0.15, -0.1) is 10.2 Å². The highest BCUT2D eigenvalue weighted by atomic mass is 32.2.